The molecule has 1 unspecified atom stereocenters. The van der Waals surface area contributed by atoms with Crippen molar-refractivity contribution in [3.63, 3.8) is 0 Å². The van der Waals surface area contributed by atoms with Crippen LogP contribution in [0.2, 0.25) is 0 Å². The smallest absolute Gasteiger partial charge is 0.378 e. The minimum atomic E-state index is -4.40. The molecule has 4 nitrogen and oxygen atoms in total. The van der Waals surface area contributed by atoms with Crippen molar-refractivity contribution in [2.45, 2.75) is 18.3 Å². The van der Waals surface area contributed by atoms with E-state index in [0.29, 0.717) is 13.1 Å². The summed E-state index contributed by atoms with van der Waals surface area (Å²) in [6, 6.07) is 3.95. The van der Waals surface area contributed by atoms with Crippen LogP contribution in [0.1, 0.15) is 15.9 Å². The standard InChI is InChI=1S/C13H15F3N2O2/c1-20-11-7-17-6-10(11)18-12(19)8-2-4-9(5-3-8)13(14,15)16/h2-5,10-11,17H,6-7H2,1H3,(H,18,19)/t10?,11-/m0/s1. The van der Waals surface area contributed by atoms with Crippen LogP contribution in [-0.2, 0) is 10.9 Å². The summed E-state index contributed by atoms with van der Waals surface area (Å²) < 4.78 is 42.5. The molecule has 0 saturated carbocycles. The summed E-state index contributed by atoms with van der Waals surface area (Å²) in [6.45, 7) is 1.21. The average Bonchev–Trinajstić information content (AvgIpc) is 2.85. The van der Waals surface area contributed by atoms with Gasteiger partial charge in [-0.3, -0.25) is 4.79 Å². The SMILES string of the molecule is CO[C@H]1CNCC1NC(=O)c1ccc(C(F)(F)F)cc1. The predicted molar refractivity (Wildman–Crippen MR) is 66.4 cm³/mol. The first-order chi connectivity index (χ1) is 9.41. The number of hydrogen-bond donors (Lipinski definition) is 2. The Hall–Kier alpha value is -1.60. The number of benzene rings is 1. The second-order valence-electron chi connectivity index (χ2n) is 4.59. The summed E-state index contributed by atoms with van der Waals surface area (Å²) in [7, 11) is 1.55. The summed E-state index contributed by atoms with van der Waals surface area (Å²) in [5.41, 5.74) is -0.578. The molecule has 1 aromatic rings. The number of methoxy groups -OCH3 is 1. The highest BCUT2D eigenvalue weighted by Crippen LogP contribution is 2.29. The Morgan fingerprint density at radius 3 is 2.50 bits per heavy atom. The molecule has 2 atom stereocenters. The lowest BCUT2D eigenvalue weighted by Crippen LogP contribution is -2.43. The maximum absolute atomic E-state index is 12.4. The fraction of sp³-hybridized carbons (Fsp3) is 0.462. The molecular formula is C13H15F3N2O2. The number of ether oxygens (including phenoxy) is 1. The van der Waals surface area contributed by atoms with Gasteiger partial charge >= 0.3 is 6.18 Å². The van der Waals surface area contributed by atoms with Crippen molar-refractivity contribution < 1.29 is 22.7 Å². The first-order valence-electron chi connectivity index (χ1n) is 6.13. The van der Waals surface area contributed by atoms with Crippen LogP contribution in [0.4, 0.5) is 13.2 Å². The van der Waals surface area contributed by atoms with E-state index in [4.69, 9.17) is 4.74 Å². The topological polar surface area (TPSA) is 50.4 Å². The lowest BCUT2D eigenvalue weighted by Gasteiger charge is -2.18. The van der Waals surface area contributed by atoms with Gasteiger partial charge < -0.3 is 15.4 Å². The third kappa shape index (κ3) is 3.29. The van der Waals surface area contributed by atoms with Crippen molar-refractivity contribution in [1.82, 2.24) is 10.6 Å². The maximum Gasteiger partial charge on any atom is 0.416 e. The van der Waals surface area contributed by atoms with Crippen LogP contribution in [-0.4, -0.2) is 38.3 Å². The van der Waals surface area contributed by atoms with E-state index in [1.807, 2.05) is 0 Å². The Morgan fingerprint density at radius 1 is 1.30 bits per heavy atom. The molecule has 1 aliphatic rings. The Bertz CT molecular complexity index is 473. The van der Waals surface area contributed by atoms with E-state index in [2.05, 4.69) is 10.6 Å². The third-order valence-corrected chi connectivity index (χ3v) is 3.25. The highest BCUT2D eigenvalue weighted by Gasteiger charge is 2.31. The average molecular weight is 288 g/mol. The summed E-state index contributed by atoms with van der Waals surface area (Å²) in [4.78, 5) is 11.9. The van der Waals surface area contributed by atoms with Gasteiger partial charge in [-0.15, -0.1) is 0 Å². The minimum Gasteiger partial charge on any atom is -0.378 e. The highest BCUT2D eigenvalue weighted by atomic mass is 19.4. The van der Waals surface area contributed by atoms with Crippen molar-refractivity contribution >= 4 is 5.91 Å². The zero-order valence-corrected chi connectivity index (χ0v) is 10.8. The third-order valence-electron chi connectivity index (χ3n) is 3.25. The number of carbonyl (C=O) groups excluding carboxylic acids is 1. The molecular weight excluding hydrogens is 273 g/mol. The zero-order chi connectivity index (χ0) is 14.8. The lowest BCUT2D eigenvalue weighted by atomic mass is 10.1. The molecule has 1 heterocycles. The number of hydrogen-bond acceptors (Lipinski definition) is 3. The van der Waals surface area contributed by atoms with Crippen molar-refractivity contribution in [1.29, 1.82) is 0 Å². The molecule has 1 aromatic carbocycles. The van der Waals surface area contributed by atoms with Gasteiger partial charge in [0.2, 0.25) is 0 Å². The number of rotatable bonds is 3. The lowest BCUT2D eigenvalue weighted by molar-refractivity contribution is -0.137. The molecule has 0 spiro atoms. The van der Waals surface area contributed by atoms with Gasteiger partial charge in [0.15, 0.2) is 0 Å². The summed E-state index contributed by atoms with van der Waals surface area (Å²) in [5.74, 6) is -0.408. The molecule has 1 saturated heterocycles. The first-order valence-corrected chi connectivity index (χ1v) is 6.13. The molecule has 20 heavy (non-hydrogen) atoms. The van der Waals surface area contributed by atoms with E-state index >= 15 is 0 Å². The highest BCUT2D eigenvalue weighted by molar-refractivity contribution is 5.94. The molecule has 2 N–H and O–H groups in total. The quantitative estimate of drug-likeness (QED) is 0.884. The van der Waals surface area contributed by atoms with Crippen molar-refractivity contribution in [3.8, 4) is 0 Å². The van der Waals surface area contributed by atoms with E-state index in [1.54, 1.807) is 7.11 Å². The fourth-order valence-corrected chi connectivity index (χ4v) is 2.11. The van der Waals surface area contributed by atoms with Gasteiger partial charge in [-0.1, -0.05) is 0 Å². The van der Waals surface area contributed by atoms with Gasteiger partial charge in [0.25, 0.3) is 5.91 Å². The second-order valence-corrected chi connectivity index (χ2v) is 4.59. The van der Waals surface area contributed by atoms with Crippen molar-refractivity contribution in [2.75, 3.05) is 20.2 Å². The fourth-order valence-electron chi connectivity index (χ4n) is 2.11. The van der Waals surface area contributed by atoms with E-state index in [9.17, 15) is 18.0 Å². The summed E-state index contributed by atoms with van der Waals surface area (Å²) in [6.07, 6.45) is -4.53. The van der Waals surface area contributed by atoms with Gasteiger partial charge in [-0.05, 0) is 24.3 Å². The molecule has 0 aromatic heterocycles. The monoisotopic (exact) mass is 288 g/mol. The van der Waals surface area contributed by atoms with Crippen LogP contribution in [0.5, 0.6) is 0 Å². The summed E-state index contributed by atoms with van der Waals surface area (Å²) >= 11 is 0. The maximum atomic E-state index is 12.4. The largest absolute Gasteiger partial charge is 0.416 e. The van der Waals surface area contributed by atoms with Crippen LogP contribution in [0.15, 0.2) is 24.3 Å². The van der Waals surface area contributed by atoms with E-state index in [1.165, 1.54) is 12.1 Å². The van der Waals surface area contributed by atoms with Crippen molar-refractivity contribution in [2.24, 2.45) is 0 Å². The van der Waals surface area contributed by atoms with Crippen LogP contribution in [0, 0.1) is 0 Å². The van der Waals surface area contributed by atoms with Gasteiger partial charge in [-0.25, -0.2) is 0 Å². The molecule has 1 aliphatic heterocycles. The van der Waals surface area contributed by atoms with Crippen LogP contribution < -0.4 is 10.6 Å². The second kappa shape index (κ2) is 5.80. The Kier molecular flexibility index (Phi) is 4.29. The van der Waals surface area contributed by atoms with E-state index in [-0.39, 0.29) is 17.7 Å². The van der Waals surface area contributed by atoms with E-state index in [0.717, 1.165) is 12.1 Å². The molecule has 0 aliphatic carbocycles. The van der Waals surface area contributed by atoms with Gasteiger partial charge in [0.05, 0.1) is 17.7 Å². The number of halogens is 3. The number of carbonyl (C=O) groups is 1. The van der Waals surface area contributed by atoms with Crippen molar-refractivity contribution in [3.05, 3.63) is 35.4 Å². The van der Waals surface area contributed by atoms with Crippen LogP contribution in [0.3, 0.4) is 0 Å². The van der Waals surface area contributed by atoms with Gasteiger partial charge in [0, 0.05) is 25.8 Å². The summed E-state index contributed by atoms with van der Waals surface area (Å²) in [5, 5.41) is 5.82. The normalized spacial score (nSPS) is 22.8. The molecule has 1 fully saturated rings. The molecule has 2 rings (SSSR count). The molecule has 7 heteroatoms. The zero-order valence-electron chi connectivity index (χ0n) is 10.8. The Labute approximate surface area is 114 Å². The first kappa shape index (κ1) is 14.8. The predicted octanol–water partition coefficient (Wildman–Crippen LogP) is 1.42. The molecule has 110 valence electrons. The Morgan fingerprint density at radius 2 is 1.95 bits per heavy atom. The Balaban J connectivity index is 2.02. The molecule has 0 radical (unpaired) electrons. The van der Waals surface area contributed by atoms with E-state index < -0.39 is 17.6 Å². The number of amides is 1. The van der Waals surface area contributed by atoms with Crippen LogP contribution >= 0.6 is 0 Å². The molecule has 1 amide bonds. The van der Waals surface area contributed by atoms with Gasteiger partial charge in [-0.2, -0.15) is 13.2 Å². The van der Waals surface area contributed by atoms with Gasteiger partial charge in [0.1, 0.15) is 0 Å². The minimum absolute atomic E-state index is 0.131. The number of alkyl halides is 3. The molecule has 0 bridgehead atoms. The number of nitrogens with one attached hydrogen (secondary N) is 2. The van der Waals surface area contributed by atoms with Crippen LogP contribution in [0.25, 0.3) is 0 Å².